The summed E-state index contributed by atoms with van der Waals surface area (Å²) < 4.78 is 0. The molecule has 0 aromatic carbocycles. The first-order chi connectivity index (χ1) is 9.18. The Balaban J connectivity index is 1.99. The van der Waals surface area contributed by atoms with E-state index in [2.05, 4.69) is 9.97 Å². The topological polar surface area (TPSA) is 46.1 Å². The first-order valence-corrected chi connectivity index (χ1v) is 6.23. The Hall–Kier alpha value is -2.23. The van der Waals surface area contributed by atoms with Gasteiger partial charge in [0.15, 0.2) is 0 Å². The molecular weight excluding hydrogens is 238 g/mol. The molecule has 0 radical (unpaired) electrons. The number of carbonyl (C=O) groups excluding carboxylic acids is 1. The van der Waals surface area contributed by atoms with Gasteiger partial charge in [-0.3, -0.25) is 14.8 Å². The SMILES string of the molecule is Cc1cnccc1C(=O)N(C)CCc1ccncc1. The van der Waals surface area contributed by atoms with E-state index in [0.717, 1.165) is 12.0 Å². The number of nitrogens with zero attached hydrogens (tertiary/aromatic N) is 3. The lowest BCUT2D eigenvalue weighted by molar-refractivity contribution is 0.0796. The van der Waals surface area contributed by atoms with Gasteiger partial charge in [0.1, 0.15) is 0 Å². The number of carbonyl (C=O) groups is 1. The molecule has 4 heteroatoms. The second-order valence-electron chi connectivity index (χ2n) is 4.52. The van der Waals surface area contributed by atoms with Crippen molar-refractivity contribution in [2.75, 3.05) is 13.6 Å². The third-order valence-electron chi connectivity index (χ3n) is 3.08. The zero-order chi connectivity index (χ0) is 13.7. The summed E-state index contributed by atoms with van der Waals surface area (Å²) >= 11 is 0. The van der Waals surface area contributed by atoms with Crippen LogP contribution in [0.1, 0.15) is 21.5 Å². The molecule has 0 fully saturated rings. The predicted molar refractivity (Wildman–Crippen MR) is 73.9 cm³/mol. The number of aromatic nitrogens is 2. The normalized spacial score (nSPS) is 10.2. The van der Waals surface area contributed by atoms with Gasteiger partial charge in [-0.1, -0.05) is 0 Å². The van der Waals surface area contributed by atoms with Crippen LogP contribution in [-0.2, 0) is 6.42 Å². The van der Waals surface area contributed by atoms with Gasteiger partial charge in [0, 0.05) is 43.9 Å². The molecule has 4 nitrogen and oxygen atoms in total. The first-order valence-electron chi connectivity index (χ1n) is 6.23. The van der Waals surface area contributed by atoms with Crippen molar-refractivity contribution in [3.8, 4) is 0 Å². The van der Waals surface area contributed by atoms with E-state index in [-0.39, 0.29) is 5.91 Å². The van der Waals surface area contributed by atoms with Crippen molar-refractivity contribution in [2.24, 2.45) is 0 Å². The van der Waals surface area contributed by atoms with E-state index in [1.807, 2.05) is 26.1 Å². The number of amides is 1. The Kier molecular flexibility index (Phi) is 4.23. The van der Waals surface area contributed by atoms with E-state index < -0.39 is 0 Å². The minimum atomic E-state index is 0.0361. The fourth-order valence-corrected chi connectivity index (χ4v) is 1.87. The summed E-state index contributed by atoms with van der Waals surface area (Å²) in [6, 6.07) is 5.70. The largest absolute Gasteiger partial charge is 0.341 e. The van der Waals surface area contributed by atoms with Crippen molar-refractivity contribution in [3.05, 3.63) is 59.7 Å². The maximum absolute atomic E-state index is 12.3. The lowest BCUT2D eigenvalue weighted by atomic mass is 10.1. The van der Waals surface area contributed by atoms with Gasteiger partial charge in [-0.15, -0.1) is 0 Å². The van der Waals surface area contributed by atoms with Crippen molar-refractivity contribution in [2.45, 2.75) is 13.3 Å². The maximum Gasteiger partial charge on any atom is 0.253 e. The Morgan fingerprint density at radius 1 is 1.16 bits per heavy atom. The molecule has 2 aromatic heterocycles. The maximum atomic E-state index is 12.3. The molecule has 0 bridgehead atoms. The quantitative estimate of drug-likeness (QED) is 0.840. The van der Waals surface area contributed by atoms with E-state index in [4.69, 9.17) is 0 Å². The van der Waals surface area contributed by atoms with Gasteiger partial charge in [0.2, 0.25) is 0 Å². The molecule has 19 heavy (non-hydrogen) atoms. The highest BCUT2D eigenvalue weighted by molar-refractivity contribution is 5.95. The van der Waals surface area contributed by atoms with Crippen LogP contribution in [0, 0.1) is 6.92 Å². The van der Waals surface area contributed by atoms with E-state index in [1.54, 1.807) is 35.8 Å². The molecular formula is C15H17N3O. The standard InChI is InChI=1S/C15H17N3O/c1-12-11-17-9-5-14(12)15(19)18(2)10-6-13-3-7-16-8-4-13/h3-5,7-9,11H,6,10H2,1-2H3. The average molecular weight is 255 g/mol. The number of rotatable bonds is 4. The second kappa shape index (κ2) is 6.09. The average Bonchev–Trinajstić information content (AvgIpc) is 2.45. The molecule has 0 aliphatic heterocycles. The van der Waals surface area contributed by atoms with Crippen LogP contribution in [0.15, 0.2) is 43.0 Å². The molecule has 0 aliphatic carbocycles. The Labute approximate surface area is 113 Å². The van der Waals surface area contributed by atoms with Gasteiger partial charge < -0.3 is 4.90 Å². The van der Waals surface area contributed by atoms with Crippen molar-refractivity contribution in [1.82, 2.24) is 14.9 Å². The zero-order valence-electron chi connectivity index (χ0n) is 11.2. The summed E-state index contributed by atoms with van der Waals surface area (Å²) in [4.78, 5) is 22.0. The van der Waals surface area contributed by atoms with Crippen LogP contribution in [0.5, 0.6) is 0 Å². The number of hydrogen-bond donors (Lipinski definition) is 0. The van der Waals surface area contributed by atoms with Crippen LogP contribution in [-0.4, -0.2) is 34.4 Å². The third-order valence-corrected chi connectivity index (χ3v) is 3.08. The van der Waals surface area contributed by atoms with Gasteiger partial charge in [-0.25, -0.2) is 0 Å². The monoisotopic (exact) mass is 255 g/mol. The summed E-state index contributed by atoms with van der Waals surface area (Å²) in [5.74, 6) is 0.0361. The zero-order valence-corrected chi connectivity index (χ0v) is 11.2. The third kappa shape index (κ3) is 3.37. The van der Waals surface area contributed by atoms with E-state index in [1.165, 1.54) is 5.56 Å². The summed E-state index contributed by atoms with van der Waals surface area (Å²) in [5.41, 5.74) is 2.80. The van der Waals surface area contributed by atoms with Crippen LogP contribution in [0.3, 0.4) is 0 Å². The van der Waals surface area contributed by atoms with Crippen molar-refractivity contribution in [3.63, 3.8) is 0 Å². The van der Waals surface area contributed by atoms with Crippen LogP contribution < -0.4 is 0 Å². The molecule has 0 spiro atoms. The van der Waals surface area contributed by atoms with Gasteiger partial charge >= 0.3 is 0 Å². The number of aryl methyl sites for hydroxylation is 1. The van der Waals surface area contributed by atoms with Crippen LogP contribution in [0.25, 0.3) is 0 Å². The van der Waals surface area contributed by atoms with E-state index >= 15 is 0 Å². The van der Waals surface area contributed by atoms with Crippen molar-refractivity contribution in [1.29, 1.82) is 0 Å². The van der Waals surface area contributed by atoms with Gasteiger partial charge in [-0.05, 0) is 42.7 Å². The smallest absolute Gasteiger partial charge is 0.253 e. The second-order valence-corrected chi connectivity index (χ2v) is 4.52. The summed E-state index contributed by atoms with van der Waals surface area (Å²) in [6.07, 6.45) is 7.73. The molecule has 2 heterocycles. The minimum absolute atomic E-state index is 0.0361. The van der Waals surface area contributed by atoms with Gasteiger partial charge in [-0.2, -0.15) is 0 Å². The van der Waals surface area contributed by atoms with Gasteiger partial charge in [0.05, 0.1) is 0 Å². The van der Waals surface area contributed by atoms with Crippen LogP contribution in [0.2, 0.25) is 0 Å². The fourth-order valence-electron chi connectivity index (χ4n) is 1.87. The van der Waals surface area contributed by atoms with Crippen LogP contribution in [0.4, 0.5) is 0 Å². The van der Waals surface area contributed by atoms with Crippen molar-refractivity contribution < 1.29 is 4.79 Å². The highest BCUT2D eigenvalue weighted by atomic mass is 16.2. The Morgan fingerprint density at radius 2 is 1.84 bits per heavy atom. The van der Waals surface area contributed by atoms with E-state index in [9.17, 15) is 4.79 Å². The Bertz CT molecular complexity index is 554. The minimum Gasteiger partial charge on any atom is -0.341 e. The van der Waals surface area contributed by atoms with Gasteiger partial charge in [0.25, 0.3) is 5.91 Å². The number of pyridine rings is 2. The molecule has 0 unspecified atom stereocenters. The Morgan fingerprint density at radius 3 is 2.53 bits per heavy atom. The highest BCUT2D eigenvalue weighted by Crippen LogP contribution is 2.09. The first kappa shape index (κ1) is 13.2. The number of hydrogen-bond acceptors (Lipinski definition) is 3. The molecule has 0 saturated heterocycles. The van der Waals surface area contributed by atoms with E-state index in [0.29, 0.717) is 12.1 Å². The molecule has 0 atom stereocenters. The molecule has 0 N–H and O–H groups in total. The van der Waals surface area contributed by atoms with Crippen LogP contribution >= 0.6 is 0 Å². The summed E-state index contributed by atoms with van der Waals surface area (Å²) in [6.45, 7) is 2.58. The highest BCUT2D eigenvalue weighted by Gasteiger charge is 2.13. The molecule has 98 valence electrons. The predicted octanol–water partition coefficient (Wildman–Crippen LogP) is 2.10. The molecule has 0 saturated carbocycles. The molecule has 1 amide bonds. The lowest BCUT2D eigenvalue weighted by Crippen LogP contribution is -2.29. The fraction of sp³-hybridized carbons (Fsp3) is 0.267. The number of likely N-dealkylation sites (N-methyl/N-ethyl adjacent to an activating group) is 1. The molecule has 0 aliphatic rings. The molecule has 2 rings (SSSR count). The van der Waals surface area contributed by atoms with Crippen molar-refractivity contribution >= 4 is 5.91 Å². The lowest BCUT2D eigenvalue weighted by Gasteiger charge is -2.18. The summed E-state index contributed by atoms with van der Waals surface area (Å²) in [5, 5.41) is 0. The summed E-state index contributed by atoms with van der Waals surface area (Å²) in [7, 11) is 1.82. The molecule has 2 aromatic rings.